The van der Waals surface area contributed by atoms with Gasteiger partial charge in [-0.3, -0.25) is 4.79 Å². The fourth-order valence-corrected chi connectivity index (χ4v) is 2.48. The number of hydrogen-bond acceptors (Lipinski definition) is 3. The summed E-state index contributed by atoms with van der Waals surface area (Å²) in [6.45, 7) is 5.93. The smallest absolute Gasteiger partial charge is 0.243 e. The predicted molar refractivity (Wildman–Crippen MR) is 67.7 cm³/mol. The highest BCUT2D eigenvalue weighted by molar-refractivity contribution is 5.86. The number of carbonyl (C=O) groups excluding carboxylic acids is 1. The Labute approximate surface area is 109 Å². The molecule has 0 bridgehead atoms. The van der Waals surface area contributed by atoms with E-state index in [0.717, 1.165) is 6.54 Å². The molecule has 0 unspecified atom stereocenters. The third-order valence-electron chi connectivity index (χ3n) is 4.01. The maximum Gasteiger partial charge on any atom is 0.243 e. The average Bonchev–Trinajstić information content (AvgIpc) is 3.19. The zero-order chi connectivity index (χ0) is 13.2. The summed E-state index contributed by atoms with van der Waals surface area (Å²) < 4.78 is 5.29. The van der Waals surface area contributed by atoms with Gasteiger partial charge in [-0.15, -0.1) is 0 Å². The van der Waals surface area contributed by atoms with E-state index < -0.39 is 5.41 Å². The van der Waals surface area contributed by atoms with Crippen LogP contribution in [0, 0.1) is 22.7 Å². The van der Waals surface area contributed by atoms with Gasteiger partial charge in [-0.1, -0.05) is 0 Å². The fourth-order valence-electron chi connectivity index (χ4n) is 2.48. The number of ether oxygens (including phenoxy) is 1. The molecule has 0 N–H and O–H groups in total. The van der Waals surface area contributed by atoms with Crippen molar-refractivity contribution in [1.29, 1.82) is 5.26 Å². The second-order valence-corrected chi connectivity index (χ2v) is 5.80. The van der Waals surface area contributed by atoms with Crippen molar-refractivity contribution in [1.82, 2.24) is 4.90 Å². The summed E-state index contributed by atoms with van der Waals surface area (Å²) in [5.41, 5.74) is -0.836. The van der Waals surface area contributed by atoms with E-state index in [4.69, 9.17) is 4.74 Å². The topological polar surface area (TPSA) is 53.3 Å². The molecule has 1 heterocycles. The molecule has 2 aliphatic rings. The lowest BCUT2D eigenvalue weighted by Gasteiger charge is -2.37. The van der Waals surface area contributed by atoms with Crippen LogP contribution in [0.1, 0.15) is 39.5 Å². The lowest BCUT2D eigenvalue weighted by Crippen LogP contribution is -2.49. The van der Waals surface area contributed by atoms with E-state index in [1.54, 1.807) is 0 Å². The molecule has 100 valence electrons. The molecule has 0 spiro atoms. The summed E-state index contributed by atoms with van der Waals surface area (Å²) in [6.07, 6.45) is 3.52. The maximum absolute atomic E-state index is 12.7. The summed E-state index contributed by atoms with van der Waals surface area (Å²) in [7, 11) is 0. The highest BCUT2D eigenvalue weighted by Crippen LogP contribution is 2.36. The molecule has 0 aromatic heterocycles. The van der Waals surface area contributed by atoms with Crippen molar-refractivity contribution in [2.45, 2.75) is 45.6 Å². The number of nitrogens with zero attached hydrogens (tertiary/aromatic N) is 2. The molecule has 4 nitrogen and oxygen atoms in total. The maximum atomic E-state index is 12.7. The molecule has 0 radical (unpaired) electrons. The van der Waals surface area contributed by atoms with Crippen LogP contribution in [0.15, 0.2) is 0 Å². The molecule has 0 aromatic carbocycles. The Hall–Kier alpha value is -1.08. The first kappa shape index (κ1) is 13.4. The molecule has 4 heteroatoms. The van der Waals surface area contributed by atoms with E-state index in [2.05, 4.69) is 6.07 Å². The zero-order valence-corrected chi connectivity index (χ0v) is 11.3. The Bertz CT molecular complexity index is 349. The van der Waals surface area contributed by atoms with E-state index >= 15 is 0 Å². The van der Waals surface area contributed by atoms with Gasteiger partial charge in [0.25, 0.3) is 0 Å². The van der Waals surface area contributed by atoms with E-state index in [0.29, 0.717) is 32.0 Å². The lowest BCUT2D eigenvalue weighted by molar-refractivity contribution is -0.145. The summed E-state index contributed by atoms with van der Waals surface area (Å²) in [4.78, 5) is 14.6. The summed E-state index contributed by atoms with van der Waals surface area (Å²) in [6, 6.07) is 2.45. The highest BCUT2D eigenvalue weighted by Gasteiger charge is 2.44. The quantitative estimate of drug-likeness (QED) is 0.766. The zero-order valence-electron chi connectivity index (χ0n) is 11.3. The predicted octanol–water partition coefficient (Wildman–Crippen LogP) is 1.95. The Morgan fingerprint density at radius 2 is 2.06 bits per heavy atom. The largest absolute Gasteiger partial charge is 0.381 e. The van der Waals surface area contributed by atoms with Crippen molar-refractivity contribution >= 4 is 5.91 Å². The molecule has 2 rings (SSSR count). The number of carbonyl (C=O) groups is 1. The van der Waals surface area contributed by atoms with E-state index in [9.17, 15) is 10.1 Å². The van der Waals surface area contributed by atoms with Crippen LogP contribution in [0.25, 0.3) is 0 Å². The number of nitriles is 1. The molecule has 0 aromatic rings. The van der Waals surface area contributed by atoms with Gasteiger partial charge in [-0.05, 0) is 45.4 Å². The summed E-state index contributed by atoms with van der Waals surface area (Å²) >= 11 is 0. The third-order valence-corrected chi connectivity index (χ3v) is 4.01. The summed E-state index contributed by atoms with van der Waals surface area (Å²) in [5.74, 6) is 0.683. The van der Waals surface area contributed by atoms with Crippen molar-refractivity contribution in [3.05, 3.63) is 0 Å². The number of amides is 1. The molecule has 1 aliphatic carbocycles. The minimum absolute atomic E-state index is 0.0233. The molecule has 18 heavy (non-hydrogen) atoms. The lowest BCUT2D eigenvalue weighted by atomic mass is 9.80. The molecular formula is C14H22N2O2. The van der Waals surface area contributed by atoms with Crippen molar-refractivity contribution in [3.63, 3.8) is 0 Å². The van der Waals surface area contributed by atoms with Gasteiger partial charge in [0.15, 0.2) is 0 Å². The van der Waals surface area contributed by atoms with Crippen LogP contribution in [0.4, 0.5) is 0 Å². The van der Waals surface area contributed by atoms with Gasteiger partial charge in [-0.2, -0.15) is 5.26 Å². The first-order valence-electron chi connectivity index (χ1n) is 6.89. The van der Waals surface area contributed by atoms with E-state index in [1.165, 1.54) is 12.8 Å². The number of rotatable bonds is 4. The average molecular weight is 250 g/mol. The second-order valence-electron chi connectivity index (χ2n) is 5.80. The summed E-state index contributed by atoms with van der Waals surface area (Å²) in [5, 5.41) is 9.44. The van der Waals surface area contributed by atoms with Crippen molar-refractivity contribution in [2.75, 3.05) is 19.8 Å². The minimum atomic E-state index is -0.836. The number of hydrogen-bond donors (Lipinski definition) is 0. The van der Waals surface area contributed by atoms with E-state index in [-0.39, 0.29) is 11.9 Å². The first-order valence-corrected chi connectivity index (χ1v) is 6.89. The van der Waals surface area contributed by atoms with Crippen LogP contribution in [0.2, 0.25) is 0 Å². The Morgan fingerprint density at radius 1 is 1.44 bits per heavy atom. The van der Waals surface area contributed by atoms with Gasteiger partial charge in [0.05, 0.1) is 6.07 Å². The molecule has 1 saturated carbocycles. The minimum Gasteiger partial charge on any atom is -0.381 e. The Balaban J connectivity index is 2.12. The van der Waals surface area contributed by atoms with Gasteiger partial charge in [0.2, 0.25) is 5.91 Å². The van der Waals surface area contributed by atoms with Gasteiger partial charge in [-0.25, -0.2) is 0 Å². The van der Waals surface area contributed by atoms with Gasteiger partial charge < -0.3 is 9.64 Å². The Morgan fingerprint density at radius 3 is 2.50 bits per heavy atom. The first-order chi connectivity index (χ1) is 8.59. The standard InChI is InChI=1S/C14H22N2O2/c1-11(2)16(9-12-3-4-12)13(17)14(10-15)5-7-18-8-6-14/h11-12H,3-9H2,1-2H3. The van der Waals surface area contributed by atoms with Crippen LogP contribution in [-0.2, 0) is 9.53 Å². The molecule has 2 fully saturated rings. The molecular weight excluding hydrogens is 228 g/mol. The molecule has 0 atom stereocenters. The van der Waals surface area contributed by atoms with Gasteiger partial charge in [0.1, 0.15) is 5.41 Å². The van der Waals surface area contributed by atoms with Crippen LogP contribution in [-0.4, -0.2) is 36.6 Å². The van der Waals surface area contributed by atoms with Crippen LogP contribution >= 0.6 is 0 Å². The van der Waals surface area contributed by atoms with Gasteiger partial charge >= 0.3 is 0 Å². The van der Waals surface area contributed by atoms with Crippen molar-refractivity contribution in [2.24, 2.45) is 11.3 Å². The SMILES string of the molecule is CC(C)N(CC1CC1)C(=O)C1(C#N)CCOCC1. The van der Waals surface area contributed by atoms with Crippen LogP contribution in [0.3, 0.4) is 0 Å². The Kier molecular flexibility index (Phi) is 3.91. The second kappa shape index (κ2) is 5.27. The van der Waals surface area contributed by atoms with Crippen molar-refractivity contribution in [3.8, 4) is 6.07 Å². The monoisotopic (exact) mass is 250 g/mol. The van der Waals surface area contributed by atoms with Crippen molar-refractivity contribution < 1.29 is 9.53 Å². The third kappa shape index (κ3) is 2.67. The van der Waals surface area contributed by atoms with Crippen LogP contribution < -0.4 is 0 Å². The molecule has 1 amide bonds. The molecule has 1 saturated heterocycles. The normalized spacial score (nSPS) is 22.6. The molecule has 1 aliphatic heterocycles. The van der Waals surface area contributed by atoms with E-state index in [1.807, 2.05) is 18.7 Å². The fraction of sp³-hybridized carbons (Fsp3) is 0.857. The van der Waals surface area contributed by atoms with Gasteiger partial charge in [0, 0.05) is 25.8 Å². The highest BCUT2D eigenvalue weighted by atomic mass is 16.5. The van der Waals surface area contributed by atoms with Crippen LogP contribution in [0.5, 0.6) is 0 Å².